The monoisotopic (exact) mass is 308 g/mol. The van der Waals surface area contributed by atoms with Gasteiger partial charge in [0.2, 0.25) is 0 Å². The summed E-state index contributed by atoms with van der Waals surface area (Å²) < 4.78 is 16.6. The second-order valence-electron chi connectivity index (χ2n) is 5.70. The van der Waals surface area contributed by atoms with Gasteiger partial charge in [0.1, 0.15) is 0 Å². The van der Waals surface area contributed by atoms with E-state index in [1.807, 2.05) is 14.0 Å². The van der Waals surface area contributed by atoms with Crippen LogP contribution in [0.2, 0.25) is 6.04 Å². The normalized spacial score (nSPS) is 15.9. The van der Waals surface area contributed by atoms with Crippen molar-refractivity contribution < 1.29 is 27.7 Å². The Hall–Kier alpha value is -0.473. The van der Waals surface area contributed by atoms with Gasteiger partial charge in [-0.3, -0.25) is 0 Å². The number of nitrogens with zero attached hydrogens (tertiary/aromatic N) is 1. The molecule has 1 atom stereocenters. The fourth-order valence-electron chi connectivity index (χ4n) is 2.26. The van der Waals surface area contributed by atoms with E-state index in [4.69, 9.17) is 13.3 Å². The number of carboxylic acid groups (broad SMARTS) is 1. The number of hydrogen-bond acceptors (Lipinski definition) is 4. The summed E-state index contributed by atoms with van der Waals surface area (Å²) in [7, 11) is 4.18. The number of hydrogen-bond donors (Lipinski definition) is 1. The highest BCUT2D eigenvalue weighted by Gasteiger charge is 2.46. The lowest BCUT2D eigenvalue weighted by atomic mass is 9.99. The highest BCUT2D eigenvalue weighted by atomic mass is 28.4. The van der Waals surface area contributed by atoms with Gasteiger partial charge in [0.25, 0.3) is 0 Å². The SMILES string of the molecule is CC[N+](C)(CCC[Si](OC)(OC)OC)C(C)(C)C(=O)O. The predicted octanol–water partition coefficient (Wildman–Crippen LogP) is 1.58. The first-order valence-electron chi connectivity index (χ1n) is 6.88. The Labute approximate surface area is 123 Å². The van der Waals surface area contributed by atoms with Crippen molar-refractivity contribution in [1.82, 2.24) is 0 Å². The van der Waals surface area contributed by atoms with Crippen molar-refractivity contribution in [3.05, 3.63) is 0 Å². The van der Waals surface area contributed by atoms with E-state index < -0.39 is 20.3 Å². The maximum Gasteiger partial charge on any atom is 0.500 e. The number of carbonyl (C=O) groups is 1. The van der Waals surface area contributed by atoms with E-state index in [0.717, 1.165) is 19.5 Å². The van der Waals surface area contributed by atoms with Gasteiger partial charge in [-0.05, 0) is 6.92 Å². The third-order valence-electron chi connectivity index (χ3n) is 4.64. The molecule has 0 saturated carbocycles. The lowest BCUT2D eigenvalue weighted by molar-refractivity contribution is -0.944. The van der Waals surface area contributed by atoms with Crippen LogP contribution in [0, 0.1) is 0 Å². The second kappa shape index (κ2) is 7.51. The minimum Gasteiger partial charge on any atom is -0.477 e. The van der Waals surface area contributed by atoms with E-state index in [9.17, 15) is 9.90 Å². The van der Waals surface area contributed by atoms with Crippen molar-refractivity contribution in [2.75, 3.05) is 41.5 Å². The number of rotatable bonds is 10. The van der Waals surface area contributed by atoms with Gasteiger partial charge >= 0.3 is 14.8 Å². The third kappa shape index (κ3) is 4.02. The van der Waals surface area contributed by atoms with E-state index in [1.165, 1.54) is 0 Å². The molecule has 0 aliphatic rings. The minimum atomic E-state index is -2.57. The summed E-state index contributed by atoms with van der Waals surface area (Å²) in [5.74, 6) is -0.782. The fraction of sp³-hybridized carbons (Fsp3) is 0.923. The van der Waals surface area contributed by atoms with E-state index >= 15 is 0 Å². The summed E-state index contributed by atoms with van der Waals surface area (Å²) in [6.07, 6.45) is 0.794. The predicted molar refractivity (Wildman–Crippen MR) is 79.5 cm³/mol. The second-order valence-corrected chi connectivity index (χ2v) is 8.79. The van der Waals surface area contributed by atoms with Crippen molar-refractivity contribution in [3.8, 4) is 0 Å². The third-order valence-corrected chi connectivity index (χ3v) is 7.47. The molecule has 0 bridgehead atoms. The van der Waals surface area contributed by atoms with Gasteiger partial charge in [0, 0.05) is 47.6 Å². The molecular weight excluding hydrogens is 278 g/mol. The zero-order chi connectivity index (χ0) is 16.0. The molecule has 6 nitrogen and oxygen atoms in total. The standard InChI is InChI=1S/C13H29NO5Si/c1-8-14(4,13(2,3)12(15)16)10-9-11-20(17-5,18-6)19-7/h8-11H2,1-7H3/p+1. The Bertz CT molecular complexity index is 312. The first-order valence-corrected chi connectivity index (χ1v) is 8.81. The van der Waals surface area contributed by atoms with Gasteiger partial charge in [-0.1, -0.05) is 0 Å². The summed E-state index contributed by atoms with van der Waals surface area (Å²) in [5.41, 5.74) is -0.827. The first-order chi connectivity index (χ1) is 9.14. The first kappa shape index (κ1) is 19.5. The highest BCUT2D eigenvalue weighted by molar-refractivity contribution is 6.60. The van der Waals surface area contributed by atoms with Gasteiger partial charge in [0.05, 0.1) is 20.1 Å². The molecule has 0 saturated heterocycles. The molecule has 20 heavy (non-hydrogen) atoms. The molecule has 120 valence electrons. The van der Waals surface area contributed by atoms with Gasteiger partial charge < -0.3 is 22.9 Å². The number of carboxylic acids is 1. The van der Waals surface area contributed by atoms with Crippen LogP contribution in [0.1, 0.15) is 27.2 Å². The molecule has 0 amide bonds. The largest absolute Gasteiger partial charge is 0.500 e. The zero-order valence-corrected chi connectivity index (χ0v) is 14.9. The Morgan fingerprint density at radius 2 is 1.65 bits per heavy atom. The molecule has 1 unspecified atom stereocenters. The van der Waals surface area contributed by atoms with Crippen molar-refractivity contribution in [3.63, 3.8) is 0 Å². The molecule has 0 aliphatic carbocycles. The van der Waals surface area contributed by atoms with Crippen LogP contribution in [0.4, 0.5) is 0 Å². The lowest BCUT2D eigenvalue weighted by Gasteiger charge is -2.44. The maximum absolute atomic E-state index is 11.5. The summed E-state index contributed by atoms with van der Waals surface area (Å²) in [5, 5.41) is 9.42. The Morgan fingerprint density at radius 1 is 1.20 bits per heavy atom. The van der Waals surface area contributed by atoms with Crippen molar-refractivity contribution in [2.45, 2.75) is 38.8 Å². The van der Waals surface area contributed by atoms with E-state index in [-0.39, 0.29) is 0 Å². The van der Waals surface area contributed by atoms with Crippen molar-refractivity contribution in [1.29, 1.82) is 0 Å². The van der Waals surface area contributed by atoms with Gasteiger partial charge in [-0.25, -0.2) is 4.79 Å². The molecule has 0 radical (unpaired) electrons. The average molecular weight is 308 g/mol. The number of quaternary nitrogens is 1. The molecule has 0 aliphatic heterocycles. The summed E-state index contributed by atoms with van der Waals surface area (Å²) in [6, 6.07) is 0.681. The van der Waals surface area contributed by atoms with Crippen LogP contribution in [-0.4, -0.2) is 71.4 Å². The highest BCUT2D eigenvalue weighted by Crippen LogP contribution is 2.25. The van der Waals surface area contributed by atoms with Gasteiger partial charge in [-0.2, -0.15) is 0 Å². The van der Waals surface area contributed by atoms with Crippen molar-refractivity contribution >= 4 is 14.8 Å². The number of likely N-dealkylation sites (N-methyl/N-ethyl adjacent to an activating group) is 1. The summed E-state index contributed by atoms with van der Waals surface area (Å²) in [4.78, 5) is 11.5. The molecule has 0 aromatic rings. The van der Waals surface area contributed by atoms with E-state index in [2.05, 4.69) is 0 Å². The molecule has 0 fully saturated rings. The van der Waals surface area contributed by atoms with Crippen molar-refractivity contribution in [2.24, 2.45) is 0 Å². The lowest BCUT2D eigenvalue weighted by Crippen LogP contribution is -2.63. The van der Waals surface area contributed by atoms with E-state index in [1.54, 1.807) is 35.2 Å². The molecule has 0 aromatic heterocycles. The molecule has 0 rings (SSSR count). The van der Waals surface area contributed by atoms with Crippen LogP contribution >= 0.6 is 0 Å². The van der Waals surface area contributed by atoms with Gasteiger partial charge in [0.15, 0.2) is 5.54 Å². The molecule has 0 aromatic carbocycles. The summed E-state index contributed by atoms with van der Waals surface area (Å²) >= 11 is 0. The number of aliphatic carboxylic acids is 1. The molecular formula is C13H30NO5Si+. The smallest absolute Gasteiger partial charge is 0.477 e. The maximum atomic E-state index is 11.5. The van der Waals surface area contributed by atoms with Crippen LogP contribution in [0.25, 0.3) is 0 Å². The van der Waals surface area contributed by atoms with Crippen LogP contribution in [-0.2, 0) is 18.1 Å². The van der Waals surface area contributed by atoms with Crippen LogP contribution in [0.5, 0.6) is 0 Å². The Morgan fingerprint density at radius 3 is 1.95 bits per heavy atom. The van der Waals surface area contributed by atoms with E-state index in [0.29, 0.717) is 10.5 Å². The van der Waals surface area contributed by atoms with Crippen LogP contribution in [0.15, 0.2) is 0 Å². The summed E-state index contributed by atoms with van der Waals surface area (Å²) in [6.45, 7) is 7.04. The van der Waals surface area contributed by atoms with Crippen LogP contribution < -0.4 is 0 Å². The molecule has 0 heterocycles. The van der Waals surface area contributed by atoms with Crippen LogP contribution in [0.3, 0.4) is 0 Å². The molecule has 0 spiro atoms. The van der Waals surface area contributed by atoms with Gasteiger partial charge in [-0.15, -0.1) is 0 Å². The molecule has 7 heteroatoms. The quantitative estimate of drug-likeness (QED) is 0.490. The Kier molecular flexibility index (Phi) is 7.33. The zero-order valence-electron chi connectivity index (χ0n) is 13.9. The average Bonchev–Trinajstić information content (AvgIpc) is 2.43. The molecule has 1 N–H and O–H groups in total. The minimum absolute atomic E-state index is 0.462. The Balaban J connectivity index is 4.80. The fourth-order valence-corrected chi connectivity index (χ4v) is 3.97. The topological polar surface area (TPSA) is 65.0 Å².